The Balaban J connectivity index is 1.19. The standard InChI is InChI=1S/C29H33FN4O7Si/c1-28(2,3)42-41-29(4,5)24-14-33(27(35)40-24)20-10-11-22(23(30)12-20)19-8-6-18(7-9-19)16-38-21-13-32-15-25(34(36)37)31-26(32)39-17-21/h6-12,15,21,24H,13-14,16-17H2,1-5H3. The van der Waals surface area contributed by atoms with Crippen molar-refractivity contribution in [2.75, 3.05) is 18.1 Å². The minimum atomic E-state index is -0.687. The minimum absolute atomic E-state index is 0.00726. The molecule has 1 aromatic heterocycles. The average molecular weight is 597 g/mol. The Morgan fingerprint density at radius 2 is 1.88 bits per heavy atom. The van der Waals surface area contributed by atoms with Crippen LogP contribution >= 0.6 is 0 Å². The third-order valence-electron chi connectivity index (χ3n) is 6.94. The van der Waals surface area contributed by atoms with Gasteiger partial charge in [-0.2, -0.15) is 0 Å². The third kappa shape index (κ3) is 6.63. The van der Waals surface area contributed by atoms with Gasteiger partial charge in [-0.3, -0.25) is 9.47 Å². The SMILES string of the molecule is CC(C)(C)[Si]OC(C)(C)C1CN(c2ccc(-c3ccc(COC4COc5nc([N+](=O)[O-])cn5C4)cc3)c(F)c2)C(=O)O1. The van der Waals surface area contributed by atoms with E-state index in [1.54, 1.807) is 16.7 Å². The zero-order valence-corrected chi connectivity index (χ0v) is 25.1. The molecular weight excluding hydrogens is 563 g/mol. The van der Waals surface area contributed by atoms with Crippen LogP contribution in [0, 0.1) is 15.9 Å². The summed E-state index contributed by atoms with van der Waals surface area (Å²) in [5.41, 5.74) is 1.69. The summed E-state index contributed by atoms with van der Waals surface area (Å²) >= 11 is 0. The number of aromatic nitrogens is 2. The molecule has 0 saturated carbocycles. The Labute approximate surface area is 245 Å². The summed E-state index contributed by atoms with van der Waals surface area (Å²) in [4.78, 5) is 28.3. The molecule has 3 heterocycles. The van der Waals surface area contributed by atoms with E-state index in [0.29, 0.717) is 23.4 Å². The van der Waals surface area contributed by atoms with Crippen LogP contribution in [0.5, 0.6) is 6.01 Å². The Morgan fingerprint density at radius 3 is 2.55 bits per heavy atom. The normalized spacial score (nSPS) is 18.9. The van der Waals surface area contributed by atoms with Gasteiger partial charge in [-0.05, 0) is 53.1 Å². The first-order valence-corrected chi connectivity index (χ1v) is 14.5. The number of carbonyl (C=O) groups excluding carboxylic acids is 1. The minimum Gasteiger partial charge on any atom is -0.443 e. The fourth-order valence-electron chi connectivity index (χ4n) is 4.55. The zero-order valence-electron chi connectivity index (χ0n) is 24.1. The highest BCUT2D eigenvalue weighted by molar-refractivity contribution is 6.31. The second-order valence-electron chi connectivity index (χ2n) is 11.9. The lowest BCUT2D eigenvalue weighted by Crippen LogP contribution is -2.43. The van der Waals surface area contributed by atoms with E-state index < -0.39 is 28.5 Å². The molecule has 2 aromatic carbocycles. The lowest BCUT2D eigenvalue weighted by atomic mass is 10.0. The van der Waals surface area contributed by atoms with Gasteiger partial charge in [-0.1, -0.05) is 45.0 Å². The summed E-state index contributed by atoms with van der Waals surface area (Å²) in [6.45, 7) is 11.2. The number of hydrogen-bond acceptors (Lipinski definition) is 8. The highest BCUT2D eigenvalue weighted by atomic mass is 28.2. The molecule has 2 aliphatic rings. The number of imidazole rings is 1. The van der Waals surface area contributed by atoms with Crippen LogP contribution < -0.4 is 9.64 Å². The maximum Gasteiger partial charge on any atom is 0.414 e. The number of nitrogens with zero attached hydrogens (tertiary/aromatic N) is 4. The van der Waals surface area contributed by atoms with Gasteiger partial charge in [0, 0.05) is 10.5 Å². The van der Waals surface area contributed by atoms with Gasteiger partial charge in [0.1, 0.15) is 30.8 Å². The summed E-state index contributed by atoms with van der Waals surface area (Å²) in [6.07, 6.45) is 0.00808. The summed E-state index contributed by atoms with van der Waals surface area (Å²) in [6, 6.07) is 12.2. The summed E-state index contributed by atoms with van der Waals surface area (Å²) in [7, 11) is 0.237. The van der Waals surface area contributed by atoms with E-state index in [9.17, 15) is 14.9 Å². The molecule has 0 bridgehead atoms. The van der Waals surface area contributed by atoms with Crippen LogP contribution in [0.25, 0.3) is 11.1 Å². The predicted molar refractivity (Wildman–Crippen MR) is 153 cm³/mol. The van der Waals surface area contributed by atoms with Crippen molar-refractivity contribution in [2.45, 2.75) is 70.6 Å². The fourth-order valence-corrected chi connectivity index (χ4v) is 5.25. The number of halogens is 1. The molecule has 1 fully saturated rings. The Kier molecular flexibility index (Phi) is 8.10. The molecule has 1 amide bonds. The second kappa shape index (κ2) is 11.5. The first-order valence-electron chi connectivity index (χ1n) is 13.6. The maximum absolute atomic E-state index is 15.3. The van der Waals surface area contributed by atoms with Gasteiger partial charge in [0.25, 0.3) is 0 Å². The third-order valence-corrected chi connectivity index (χ3v) is 8.18. The number of benzene rings is 2. The number of ether oxygens (including phenoxy) is 3. The van der Waals surface area contributed by atoms with Crippen molar-refractivity contribution in [3.8, 4) is 17.1 Å². The molecule has 11 nitrogen and oxygen atoms in total. The molecule has 2 atom stereocenters. The molecule has 42 heavy (non-hydrogen) atoms. The van der Waals surface area contributed by atoms with Gasteiger partial charge >= 0.3 is 17.9 Å². The Morgan fingerprint density at radius 1 is 1.14 bits per heavy atom. The Bertz CT molecular complexity index is 1470. The highest BCUT2D eigenvalue weighted by Gasteiger charge is 2.43. The van der Waals surface area contributed by atoms with Crippen molar-refractivity contribution >= 4 is 27.4 Å². The predicted octanol–water partition coefficient (Wildman–Crippen LogP) is 5.53. The van der Waals surface area contributed by atoms with E-state index in [-0.39, 0.29) is 52.5 Å². The van der Waals surface area contributed by atoms with Crippen LogP contribution in [0.2, 0.25) is 5.04 Å². The number of fused-ring (bicyclic) bond motifs is 1. The van der Waals surface area contributed by atoms with E-state index in [1.807, 2.05) is 38.1 Å². The Hall–Kier alpha value is -3.81. The van der Waals surface area contributed by atoms with Gasteiger partial charge in [-0.15, -0.1) is 0 Å². The number of nitro groups is 1. The molecule has 3 aromatic rings. The van der Waals surface area contributed by atoms with Crippen molar-refractivity contribution in [3.05, 3.63) is 70.2 Å². The number of anilines is 1. The van der Waals surface area contributed by atoms with Crippen LogP contribution in [-0.4, -0.2) is 61.3 Å². The molecule has 2 unspecified atom stereocenters. The van der Waals surface area contributed by atoms with Gasteiger partial charge in [0.15, 0.2) is 0 Å². The van der Waals surface area contributed by atoms with Gasteiger partial charge in [0.2, 0.25) is 9.76 Å². The second-order valence-corrected chi connectivity index (χ2v) is 13.8. The van der Waals surface area contributed by atoms with Crippen LogP contribution in [0.4, 0.5) is 20.7 Å². The van der Waals surface area contributed by atoms with Crippen LogP contribution in [-0.2, 0) is 27.1 Å². The molecular formula is C29H33FN4O7Si. The molecule has 0 N–H and O–H groups in total. The number of amides is 1. The molecule has 5 rings (SSSR count). The van der Waals surface area contributed by atoms with E-state index in [1.165, 1.54) is 17.2 Å². The lowest BCUT2D eigenvalue weighted by Gasteiger charge is -2.32. The first kappa shape index (κ1) is 29.7. The van der Waals surface area contributed by atoms with E-state index in [4.69, 9.17) is 18.6 Å². The summed E-state index contributed by atoms with van der Waals surface area (Å²) in [5.74, 6) is -0.724. The molecule has 13 heteroatoms. The topological polar surface area (TPSA) is 118 Å². The molecule has 1 saturated heterocycles. The largest absolute Gasteiger partial charge is 0.443 e. The summed E-state index contributed by atoms with van der Waals surface area (Å²) in [5, 5.41) is 10.9. The van der Waals surface area contributed by atoms with Crippen LogP contribution in [0.1, 0.15) is 40.2 Å². The highest BCUT2D eigenvalue weighted by Crippen LogP contribution is 2.33. The van der Waals surface area contributed by atoms with Crippen LogP contribution in [0.3, 0.4) is 0 Å². The van der Waals surface area contributed by atoms with Crippen molar-refractivity contribution in [3.63, 3.8) is 0 Å². The van der Waals surface area contributed by atoms with Crippen molar-refractivity contribution < 1.29 is 32.7 Å². The quantitative estimate of drug-likeness (QED) is 0.180. The number of hydrogen-bond donors (Lipinski definition) is 0. The number of cyclic esters (lactones) is 1. The fraction of sp³-hybridized carbons (Fsp3) is 0.448. The lowest BCUT2D eigenvalue weighted by molar-refractivity contribution is -0.389. The maximum atomic E-state index is 15.3. The van der Waals surface area contributed by atoms with E-state index in [0.717, 1.165) is 5.56 Å². The average Bonchev–Trinajstić information content (AvgIpc) is 3.55. The number of rotatable bonds is 9. The van der Waals surface area contributed by atoms with Crippen molar-refractivity contribution in [1.82, 2.24) is 9.55 Å². The van der Waals surface area contributed by atoms with Gasteiger partial charge in [-0.25, -0.2) is 9.18 Å². The molecule has 2 aliphatic heterocycles. The van der Waals surface area contributed by atoms with Crippen molar-refractivity contribution in [1.29, 1.82) is 0 Å². The monoisotopic (exact) mass is 596 g/mol. The summed E-state index contributed by atoms with van der Waals surface area (Å²) < 4.78 is 40.0. The molecule has 2 radical (unpaired) electrons. The van der Waals surface area contributed by atoms with Crippen molar-refractivity contribution in [2.24, 2.45) is 0 Å². The van der Waals surface area contributed by atoms with Gasteiger partial charge < -0.3 is 28.8 Å². The van der Waals surface area contributed by atoms with Gasteiger partial charge in [0.05, 0.1) is 31.0 Å². The molecule has 222 valence electrons. The van der Waals surface area contributed by atoms with Crippen LogP contribution in [0.15, 0.2) is 48.7 Å². The molecule has 0 aliphatic carbocycles. The van der Waals surface area contributed by atoms with E-state index >= 15 is 4.39 Å². The molecule has 0 spiro atoms. The van der Waals surface area contributed by atoms with E-state index in [2.05, 4.69) is 25.8 Å². The number of carbonyl (C=O) groups is 1. The zero-order chi connectivity index (χ0) is 30.2. The first-order chi connectivity index (χ1) is 19.8. The smallest absolute Gasteiger partial charge is 0.414 e.